The maximum absolute atomic E-state index is 15.4. The summed E-state index contributed by atoms with van der Waals surface area (Å²) in [6, 6.07) is 15.0. The van der Waals surface area contributed by atoms with Crippen LogP contribution in [0.15, 0.2) is 59.3 Å². The van der Waals surface area contributed by atoms with E-state index in [2.05, 4.69) is 31.7 Å². The highest BCUT2D eigenvalue weighted by atomic mass is 32.1. The SMILES string of the molecule is N#CC1(NC(=O)Cc2nnc(Cc3nc4ccc(-c5ccc(-n6cccn6)cc5)c(F)c4s3)o2)CC1. The van der Waals surface area contributed by atoms with Gasteiger partial charge in [-0.2, -0.15) is 10.4 Å². The second kappa shape index (κ2) is 8.66. The molecule has 0 atom stereocenters. The molecular formula is C25H18FN7O2S. The summed E-state index contributed by atoms with van der Waals surface area (Å²) in [7, 11) is 0. The summed E-state index contributed by atoms with van der Waals surface area (Å²) in [5.41, 5.74) is 1.94. The molecule has 3 aromatic heterocycles. The van der Waals surface area contributed by atoms with Crippen LogP contribution in [0.5, 0.6) is 0 Å². The van der Waals surface area contributed by atoms with Crippen LogP contribution < -0.4 is 5.32 Å². The lowest BCUT2D eigenvalue weighted by Crippen LogP contribution is -2.36. The fraction of sp³-hybridized carbons (Fsp3) is 0.200. The lowest BCUT2D eigenvalue weighted by molar-refractivity contribution is -0.121. The van der Waals surface area contributed by atoms with E-state index in [0.717, 1.165) is 11.3 Å². The number of rotatable bonds is 7. The molecule has 5 aromatic rings. The van der Waals surface area contributed by atoms with Crippen molar-refractivity contribution in [3.8, 4) is 22.9 Å². The van der Waals surface area contributed by atoms with Crippen molar-refractivity contribution in [2.45, 2.75) is 31.2 Å². The number of carbonyl (C=O) groups excluding carboxylic acids is 1. The van der Waals surface area contributed by atoms with Crippen LogP contribution in [0.1, 0.15) is 29.6 Å². The Hall–Kier alpha value is -4.43. The fourth-order valence-electron chi connectivity index (χ4n) is 3.92. The van der Waals surface area contributed by atoms with Crippen molar-refractivity contribution in [1.29, 1.82) is 5.26 Å². The van der Waals surface area contributed by atoms with Gasteiger partial charge in [-0.25, -0.2) is 14.1 Å². The molecule has 0 spiro atoms. The van der Waals surface area contributed by atoms with Crippen LogP contribution >= 0.6 is 11.3 Å². The first kappa shape index (κ1) is 22.1. The number of nitrogens with one attached hydrogen (secondary N) is 1. The molecule has 0 saturated heterocycles. The minimum Gasteiger partial charge on any atom is -0.424 e. The Morgan fingerprint density at radius 3 is 2.72 bits per heavy atom. The van der Waals surface area contributed by atoms with E-state index in [0.29, 0.717) is 33.6 Å². The molecular weight excluding hydrogens is 481 g/mol. The van der Waals surface area contributed by atoms with Crippen LogP contribution in [-0.4, -0.2) is 36.4 Å². The van der Waals surface area contributed by atoms with Gasteiger partial charge in [0, 0.05) is 18.0 Å². The van der Waals surface area contributed by atoms with Gasteiger partial charge in [0.15, 0.2) is 0 Å². The second-order valence-corrected chi connectivity index (χ2v) is 9.65. The minimum atomic E-state index is -0.744. The first-order valence-electron chi connectivity index (χ1n) is 11.2. The number of aromatic nitrogens is 5. The molecule has 36 heavy (non-hydrogen) atoms. The molecule has 6 rings (SSSR count). The zero-order valence-electron chi connectivity index (χ0n) is 18.8. The molecule has 1 amide bonds. The summed E-state index contributed by atoms with van der Waals surface area (Å²) in [5, 5.41) is 24.5. The molecule has 11 heteroatoms. The van der Waals surface area contributed by atoms with Gasteiger partial charge in [0.25, 0.3) is 0 Å². The summed E-state index contributed by atoms with van der Waals surface area (Å²) in [6.45, 7) is 0. The summed E-state index contributed by atoms with van der Waals surface area (Å²) in [5.74, 6) is -0.230. The average molecular weight is 500 g/mol. The standard InChI is InChI=1S/C25H18FN7O2S/c26-23-17(15-2-4-16(5-3-15)33-11-1-10-28-33)6-7-18-24(23)36-22(29-18)13-21-32-31-20(35-21)12-19(34)30-25(14-27)8-9-25/h1-7,10-11H,8-9,12-13H2,(H,30,34). The van der Waals surface area contributed by atoms with E-state index in [4.69, 9.17) is 9.68 Å². The molecule has 1 N–H and O–H groups in total. The van der Waals surface area contributed by atoms with E-state index in [9.17, 15) is 4.79 Å². The van der Waals surface area contributed by atoms with E-state index in [1.165, 1.54) is 11.3 Å². The van der Waals surface area contributed by atoms with Gasteiger partial charge in [0.2, 0.25) is 17.7 Å². The summed E-state index contributed by atoms with van der Waals surface area (Å²) < 4.78 is 23.2. The average Bonchev–Trinajstić information content (AvgIpc) is 3.27. The summed E-state index contributed by atoms with van der Waals surface area (Å²) in [6.07, 6.45) is 4.97. The summed E-state index contributed by atoms with van der Waals surface area (Å²) >= 11 is 1.23. The number of nitriles is 1. The highest BCUT2D eigenvalue weighted by Crippen LogP contribution is 2.35. The van der Waals surface area contributed by atoms with Crippen LogP contribution in [-0.2, 0) is 17.6 Å². The number of carbonyl (C=O) groups is 1. The Morgan fingerprint density at radius 1 is 1.19 bits per heavy atom. The maximum Gasteiger partial charge on any atom is 0.230 e. The maximum atomic E-state index is 15.4. The van der Waals surface area contributed by atoms with Crippen molar-refractivity contribution in [3.63, 3.8) is 0 Å². The van der Waals surface area contributed by atoms with E-state index in [-0.39, 0.29) is 36.3 Å². The molecule has 9 nitrogen and oxygen atoms in total. The second-order valence-electron chi connectivity index (χ2n) is 8.57. The quantitative estimate of drug-likeness (QED) is 0.359. The van der Waals surface area contributed by atoms with E-state index >= 15 is 4.39 Å². The molecule has 1 aliphatic carbocycles. The van der Waals surface area contributed by atoms with E-state index in [1.54, 1.807) is 23.0 Å². The Labute approximate surface area is 208 Å². The lowest BCUT2D eigenvalue weighted by Gasteiger charge is -2.06. The molecule has 3 heterocycles. The van der Waals surface area contributed by atoms with Crippen molar-refractivity contribution in [1.82, 2.24) is 30.3 Å². The number of hydrogen-bond acceptors (Lipinski definition) is 8. The molecule has 0 bridgehead atoms. The normalized spacial score (nSPS) is 14.0. The number of thiazole rings is 1. The minimum absolute atomic E-state index is 0.104. The van der Waals surface area contributed by atoms with Gasteiger partial charge < -0.3 is 9.73 Å². The summed E-state index contributed by atoms with van der Waals surface area (Å²) in [4.78, 5) is 16.6. The molecule has 1 saturated carbocycles. The highest BCUT2D eigenvalue weighted by molar-refractivity contribution is 7.18. The fourth-order valence-corrected chi connectivity index (χ4v) is 4.91. The predicted octanol–water partition coefficient (Wildman–Crippen LogP) is 3.98. The van der Waals surface area contributed by atoms with E-state index < -0.39 is 5.54 Å². The number of nitrogens with zero attached hydrogens (tertiary/aromatic N) is 6. The number of benzene rings is 2. The van der Waals surface area contributed by atoms with Crippen molar-refractivity contribution < 1.29 is 13.6 Å². The number of fused-ring (bicyclic) bond motifs is 1. The third-order valence-electron chi connectivity index (χ3n) is 5.95. The zero-order valence-corrected chi connectivity index (χ0v) is 19.6. The monoisotopic (exact) mass is 499 g/mol. The molecule has 0 radical (unpaired) electrons. The van der Waals surface area contributed by atoms with Gasteiger partial charge in [-0.15, -0.1) is 21.5 Å². The highest BCUT2D eigenvalue weighted by Gasteiger charge is 2.44. The molecule has 0 unspecified atom stereocenters. The Bertz CT molecular complexity index is 1610. The third-order valence-corrected chi connectivity index (χ3v) is 7.02. The Morgan fingerprint density at radius 2 is 2.00 bits per heavy atom. The van der Waals surface area contributed by atoms with Crippen LogP contribution in [0.2, 0.25) is 0 Å². The van der Waals surface area contributed by atoms with E-state index in [1.807, 2.05) is 36.5 Å². The molecule has 2 aromatic carbocycles. The van der Waals surface area contributed by atoms with Crippen LogP contribution in [0.25, 0.3) is 27.0 Å². The molecule has 1 fully saturated rings. The van der Waals surface area contributed by atoms with Crippen molar-refractivity contribution in [2.75, 3.05) is 0 Å². The van der Waals surface area contributed by atoms with Gasteiger partial charge in [-0.05, 0) is 48.7 Å². The van der Waals surface area contributed by atoms with Crippen molar-refractivity contribution in [2.24, 2.45) is 0 Å². The predicted molar refractivity (Wildman–Crippen MR) is 129 cm³/mol. The van der Waals surface area contributed by atoms with Crippen LogP contribution in [0.3, 0.4) is 0 Å². The van der Waals surface area contributed by atoms with Crippen molar-refractivity contribution >= 4 is 27.5 Å². The van der Waals surface area contributed by atoms with Crippen LogP contribution in [0.4, 0.5) is 4.39 Å². The first-order chi connectivity index (χ1) is 17.5. The third kappa shape index (κ3) is 4.23. The Balaban J connectivity index is 1.18. The van der Waals surface area contributed by atoms with Gasteiger partial charge in [0.05, 0.1) is 28.4 Å². The zero-order chi connectivity index (χ0) is 24.7. The topological polar surface area (TPSA) is 123 Å². The van der Waals surface area contributed by atoms with Crippen molar-refractivity contribution in [3.05, 3.63) is 77.5 Å². The Kier molecular flexibility index (Phi) is 5.30. The lowest BCUT2D eigenvalue weighted by atomic mass is 10.0. The smallest absolute Gasteiger partial charge is 0.230 e. The van der Waals surface area contributed by atoms with Gasteiger partial charge >= 0.3 is 0 Å². The number of amides is 1. The first-order valence-corrected chi connectivity index (χ1v) is 12.1. The largest absolute Gasteiger partial charge is 0.424 e. The number of halogens is 1. The molecule has 1 aliphatic rings. The molecule has 178 valence electrons. The van der Waals surface area contributed by atoms with Gasteiger partial charge in [-0.3, -0.25) is 4.79 Å². The van der Waals surface area contributed by atoms with Gasteiger partial charge in [-0.1, -0.05) is 12.1 Å². The van der Waals surface area contributed by atoms with Crippen LogP contribution in [0, 0.1) is 17.1 Å². The van der Waals surface area contributed by atoms with Gasteiger partial charge in [0.1, 0.15) is 22.8 Å². The molecule has 0 aliphatic heterocycles. The number of hydrogen-bond donors (Lipinski definition) is 1.